The minimum Gasteiger partial charge on any atom is -0.465 e. The van der Waals surface area contributed by atoms with Crippen LogP contribution in [0.5, 0.6) is 0 Å². The molecule has 0 saturated carbocycles. The van der Waals surface area contributed by atoms with Crippen LogP contribution in [0, 0.1) is 6.92 Å². The van der Waals surface area contributed by atoms with Gasteiger partial charge in [-0.2, -0.15) is 0 Å². The molecule has 0 fully saturated rings. The van der Waals surface area contributed by atoms with Gasteiger partial charge in [-0.25, -0.2) is 0 Å². The number of amides is 2. The lowest BCUT2D eigenvalue weighted by Gasteiger charge is -2.12. The predicted octanol–water partition coefficient (Wildman–Crippen LogP) is 5.12. The van der Waals surface area contributed by atoms with Gasteiger partial charge in [0.2, 0.25) is 0 Å². The first kappa shape index (κ1) is 20.1. The van der Waals surface area contributed by atoms with E-state index >= 15 is 0 Å². The quantitative estimate of drug-likeness (QED) is 0.576. The van der Waals surface area contributed by atoms with Crippen LogP contribution < -0.4 is 10.6 Å². The zero-order valence-electron chi connectivity index (χ0n) is 16.7. The average molecular weight is 388 g/mol. The minimum absolute atomic E-state index is 0.0983. The minimum atomic E-state index is -0.430. The summed E-state index contributed by atoms with van der Waals surface area (Å²) in [6.07, 6.45) is 3.02. The van der Waals surface area contributed by atoms with Crippen molar-refractivity contribution < 1.29 is 14.0 Å². The molecule has 0 aliphatic carbocycles. The molecule has 0 spiro atoms. The summed E-state index contributed by atoms with van der Waals surface area (Å²) in [5.41, 5.74) is 3.26. The predicted molar refractivity (Wildman–Crippen MR) is 114 cm³/mol. The van der Waals surface area contributed by atoms with E-state index in [0.717, 1.165) is 5.56 Å². The van der Waals surface area contributed by atoms with Crippen molar-refractivity contribution in [2.24, 2.45) is 0 Å². The molecule has 0 aliphatic heterocycles. The highest BCUT2D eigenvalue weighted by Crippen LogP contribution is 2.18. The number of benzene rings is 2. The molecular weight excluding hydrogens is 364 g/mol. The fourth-order valence-electron chi connectivity index (χ4n) is 2.84. The Kier molecular flexibility index (Phi) is 6.29. The van der Waals surface area contributed by atoms with Gasteiger partial charge in [-0.15, -0.1) is 0 Å². The molecule has 0 saturated heterocycles. The van der Waals surface area contributed by atoms with Gasteiger partial charge >= 0.3 is 0 Å². The van der Waals surface area contributed by atoms with Gasteiger partial charge in [-0.1, -0.05) is 44.2 Å². The van der Waals surface area contributed by atoms with Crippen molar-refractivity contribution in [1.29, 1.82) is 0 Å². The van der Waals surface area contributed by atoms with E-state index in [4.69, 9.17) is 4.42 Å². The van der Waals surface area contributed by atoms with Crippen molar-refractivity contribution in [1.82, 2.24) is 5.32 Å². The van der Waals surface area contributed by atoms with Crippen molar-refractivity contribution in [3.63, 3.8) is 0 Å². The van der Waals surface area contributed by atoms with Crippen molar-refractivity contribution in [3.8, 4) is 0 Å². The number of rotatable bonds is 6. The standard InChI is InChI=1S/C24H24N2O3/c1-16(2)18-10-12-19(13-11-18)25-24(28)22(15-20-8-6-14-29-20)26-23(27)21-9-5-4-7-17(21)3/h4-16H,1-3H3,(H,25,28)(H,26,27)/b22-15-. The van der Waals surface area contributed by atoms with Crippen molar-refractivity contribution in [2.75, 3.05) is 5.32 Å². The zero-order chi connectivity index (χ0) is 20.8. The number of furan rings is 1. The summed E-state index contributed by atoms with van der Waals surface area (Å²) in [6, 6.07) is 18.3. The van der Waals surface area contributed by atoms with Gasteiger partial charge in [0, 0.05) is 17.3 Å². The molecular formula is C24H24N2O3. The van der Waals surface area contributed by atoms with Crippen molar-refractivity contribution >= 4 is 23.6 Å². The monoisotopic (exact) mass is 388 g/mol. The lowest BCUT2D eigenvalue weighted by Crippen LogP contribution is -2.31. The molecule has 3 aromatic rings. The molecule has 1 aromatic heterocycles. The molecule has 0 unspecified atom stereocenters. The molecule has 0 atom stereocenters. The maximum absolute atomic E-state index is 12.9. The van der Waals surface area contributed by atoms with E-state index in [0.29, 0.717) is 22.9 Å². The van der Waals surface area contributed by atoms with Crippen LogP contribution in [0.15, 0.2) is 77.0 Å². The number of nitrogens with one attached hydrogen (secondary N) is 2. The second-order valence-electron chi connectivity index (χ2n) is 7.07. The molecule has 2 amide bonds. The normalized spacial score (nSPS) is 11.4. The summed E-state index contributed by atoms with van der Waals surface area (Å²) in [7, 11) is 0. The second-order valence-corrected chi connectivity index (χ2v) is 7.07. The van der Waals surface area contributed by atoms with E-state index in [2.05, 4.69) is 24.5 Å². The van der Waals surface area contributed by atoms with E-state index in [1.54, 1.807) is 24.3 Å². The van der Waals surface area contributed by atoms with Crippen molar-refractivity contribution in [3.05, 3.63) is 95.1 Å². The maximum Gasteiger partial charge on any atom is 0.272 e. The number of carbonyl (C=O) groups excluding carboxylic acids is 2. The molecule has 148 valence electrons. The molecule has 1 heterocycles. The molecule has 0 bridgehead atoms. The smallest absolute Gasteiger partial charge is 0.272 e. The Morgan fingerprint density at radius 2 is 1.69 bits per heavy atom. The highest BCUT2D eigenvalue weighted by Gasteiger charge is 2.17. The lowest BCUT2D eigenvalue weighted by molar-refractivity contribution is -0.113. The molecule has 2 aromatic carbocycles. The van der Waals surface area contributed by atoms with E-state index < -0.39 is 5.91 Å². The van der Waals surface area contributed by atoms with Crippen LogP contribution in [0.1, 0.15) is 47.0 Å². The third kappa shape index (κ3) is 5.23. The molecule has 29 heavy (non-hydrogen) atoms. The SMILES string of the molecule is Cc1ccccc1C(=O)N/C(=C\c1ccco1)C(=O)Nc1ccc(C(C)C)cc1. The van der Waals surface area contributed by atoms with Crippen LogP contribution >= 0.6 is 0 Å². The number of hydrogen-bond acceptors (Lipinski definition) is 3. The Bertz CT molecular complexity index is 1020. The van der Waals surface area contributed by atoms with Crippen LogP contribution in [0.2, 0.25) is 0 Å². The Morgan fingerprint density at radius 3 is 2.31 bits per heavy atom. The first-order chi connectivity index (χ1) is 13.9. The van der Waals surface area contributed by atoms with Crippen LogP contribution in [0.25, 0.3) is 6.08 Å². The van der Waals surface area contributed by atoms with E-state index in [1.165, 1.54) is 17.9 Å². The lowest BCUT2D eigenvalue weighted by atomic mass is 10.0. The number of aryl methyl sites for hydroxylation is 1. The van der Waals surface area contributed by atoms with Gasteiger partial charge in [0.25, 0.3) is 11.8 Å². The topological polar surface area (TPSA) is 71.3 Å². The molecule has 5 heteroatoms. The summed E-state index contributed by atoms with van der Waals surface area (Å²) < 4.78 is 5.31. The van der Waals surface area contributed by atoms with Crippen LogP contribution in [0.4, 0.5) is 5.69 Å². The van der Waals surface area contributed by atoms with Gasteiger partial charge in [-0.05, 0) is 54.3 Å². The Balaban J connectivity index is 1.82. The van der Waals surface area contributed by atoms with Crippen LogP contribution in [0.3, 0.4) is 0 Å². The summed E-state index contributed by atoms with van der Waals surface area (Å²) in [5.74, 6) is 0.0878. The third-order valence-corrected chi connectivity index (χ3v) is 4.55. The van der Waals surface area contributed by atoms with Crippen LogP contribution in [-0.2, 0) is 4.79 Å². The van der Waals surface area contributed by atoms with Gasteiger partial charge in [0.15, 0.2) is 0 Å². The van der Waals surface area contributed by atoms with Gasteiger partial charge in [0.05, 0.1) is 6.26 Å². The molecule has 0 radical (unpaired) electrons. The summed E-state index contributed by atoms with van der Waals surface area (Å²) in [4.78, 5) is 25.6. The fraction of sp³-hybridized carbons (Fsp3) is 0.167. The number of carbonyl (C=O) groups is 2. The van der Waals surface area contributed by atoms with Crippen LogP contribution in [-0.4, -0.2) is 11.8 Å². The molecule has 5 nitrogen and oxygen atoms in total. The van der Waals surface area contributed by atoms with Gasteiger partial charge in [-0.3, -0.25) is 9.59 Å². The number of hydrogen-bond donors (Lipinski definition) is 2. The first-order valence-electron chi connectivity index (χ1n) is 9.47. The largest absolute Gasteiger partial charge is 0.465 e. The summed E-state index contributed by atoms with van der Waals surface area (Å²) >= 11 is 0. The average Bonchev–Trinajstić information content (AvgIpc) is 3.21. The Hall–Kier alpha value is -3.60. The zero-order valence-corrected chi connectivity index (χ0v) is 16.7. The Labute approximate surface area is 170 Å². The first-order valence-corrected chi connectivity index (χ1v) is 9.47. The molecule has 3 rings (SSSR count). The summed E-state index contributed by atoms with van der Waals surface area (Å²) in [5, 5.41) is 5.54. The van der Waals surface area contributed by atoms with Gasteiger partial charge in [0.1, 0.15) is 11.5 Å². The molecule has 0 aliphatic rings. The van der Waals surface area contributed by atoms with E-state index in [-0.39, 0.29) is 11.6 Å². The fourth-order valence-corrected chi connectivity index (χ4v) is 2.84. The van der Waals surface area contributed by atoms with Gasteiger partial charge < -0.3 is 15.1 Å². The van der Waals surface area contributed by atoms with E-state index in [9.17, 15) is 9.59 Å². The molecule has 2 N–H and O–H groups in total. The summed E-state index contributed by atoms with van der Waals surface area (Å²) in [6.45, 7) is 6.07. The maximum atomic E-state index is 12.9. The number of anilines is 1. The Morgan fingerprint density at radius 1 is 0.966 bits per heavy atom. The second kappa shape index (κ2) is 9.06. The third-order valence-electron chi connectivity index (χ3n) is 4.55. The van der Waals surface area contributed by atoms with E-state index in [1.807, 2.05) is 43.3 Å². The van der Waals surface area contributed by atoms with Crippen molar-refractivity contribution in [2.45, 2.75) is 26.7 Å². The highest BCUT2D eigenvalue weighted by atomic mass is 16.3. The highest BCUT2D eigenvalue weighted by molar-refractivity contribution is 6.10.